The molecule has 0 saturated carbocycles. The minimum atomic E-state index is -3.12. The molecule has 3 aromatic rings. The largest absolute Gasteiger partial charge is 0.335 e. The van der Waals surface area contributed by atoms with Crippen LogP contribution in [0.5, 0.6) is 0 Å². The van der Waals surface area contributed by atoms with Crippen LogP contribution in [0.3, 0.4) is 0 Å². The molecule has 0 radical (unpaired) electrons. The summed E-state index contributed by atoms with van der Waals surface area (Å²) >= 11 is 7.95. The van der Waals surface area contributed by atoms with Crippen LogP contribution in [0.4, 0.5) is 0 Å². The third-order valence-corrected chi connectivity index (χ3v) is 6.77. The molecular weight excluding hydrogens is 447 g/mol. The molecule has 0 saturated heterocycles. The highest BCUT2D eigenvalue weighted by Crippen LogP contribution is 2.51. The Balaban J connectivity index is 1.88. The van der Waals surface area contributed by atoms with Crippen LogP contribution >= 0.6 is 36.2 Å². The Morgan fingerprint density at radius 1 is 1.04 bits per heavy atom. The van der Waals surface area contributed by atoms with Crippen molar-refractivity contribution in [3.8, 4) is 11.4 Å². The van der Waals surface area contributed by atoms with Gasteiger partial charge in [-0.15, -0.1) is 12.6 Å². The van der Waals surface area contributed by atoms with Gasteiger partial charge in [0.25, 0.3) is 0 Å². The van der Waals surface area contributed by atoms with Gasteiger partial charge in [-0.25, -0.2) is 9.97 Å². The second-order valence-corrected chi connectivity index (χ2v) is 9.23. The Morgan fingerprint density at radius 2 is 1.70 bits per heavy atom. The lowest BCUT2D eigenvalue weighted by Gasteiger charge is -2.17. The van der Waals surface area contributed by atoms with Gasteiger partial charge < -0.3 is 9.05 Å². The standard InChI is InChI=1S/C19H20BrN2O3PS/c1-3-24-26(23,25-4-2)12-13-5-7-14(8-6-13)18-21-17-10-9-15(20)11-16(17)19(27)22-18/h5-11H,3-4,12H2,1-2H3,(H,21,22,27). The molecule has 0 fully saturated rings. The molecule has 0 spiro atoms. The number of rotatable bonds is 7. The smallest absolute Gasteiger partial charge is 0.309 e. The summed E-state index contributed by atoms with van der Waals surface area (Å²) in [6, 6.07) is 13.4. The maximum Gasteiger partial charge on any atom is 0.335 e. The number of hydrogen-bond donors (Lipinski definition) is 1. The number of halogens is 1. The summed E-state index contributed by atoms with van der Waals surface area (Å²) in [4.78, 5) is 9.13. The van der Waals surface area contributed by atoms with Crippen LogP contribution in [-0.4, -0.2) is 23.2 Å². The van der Waals surface area contributed by atoms with Gasteiger partial charge >= 0.3 is 7.60 Å². The van der Waals surface area contributed by atoms with Crippen molar-refractivity contribution in [2.24, 2.45) is 0 Å². The molecule has 8 heteroatoms. The molecule has 1 aromatic heterocycles. The summed E-state index contributed by atoms with van der Waals surface area (Å²) < 4.78 is 24.3. The average Bonchev–Trinajstić information content (AvgIpc) is 2.63. The van der Waals surface area contributed by atoms with E-state index in [2.05, 4.69) is 38.5 Å². The van der Waals surface area contributed by atoms with Crippen molar-refractivity contribution in [3.63, 3.8) is 0 Å². The molecular formula is C19H20BrN2O3PS. The first-order valence-corrected chi connectivity index (χ1v) is 11.5. The van der Waals surface area contributed by atoms with Gasteiger partial charge in [0.2, 0.25) is 0 Å². The van der Waals surface area contributed by atoms with Crippen molar-refractivity contribution in [1.29, 1.82) is 0 Å². The molecule has 0 amide bonds. The van der Waals surface area contributed by atoms with E-state index in [9.17, 15) is 4.57 Å². The number of nitrogens with zero attached hydrogens (tertiary/aromatic N) is 2. The van der Waals surface area contributed by atoms with Gasteiger partial charge in [0.1, 0.15) is 5.03 Å². The van der Waals surface area contributed by atoms with Crippen LogP contribution in [-0.2, 0) is 19.8 Å². The molecule has 5 nitrogen and oxygen atoms in total. The summed E-state index contributed by atoms with van der Waals surface area (Å²) in [7, 11) is -3.12. The van der Waals surface area contributed by atoms with E-state index >= 15 is 0 Å². The van der Waals surface area contributed by atoms with Crippen LogP contribution in [0.15, 0.2) is 52.0 Å². The Hall–Kier alpha value is -1.24. The molecule has 2 aromatic carbocycles. The fourth-order valence-corrected chi connectivity index (χ4v) is 5.06. The zero-order valence-corrected chi connectivity index (χ0v) is 18.4. The first-order chi connectivity index (χ1) is 12.9. The molecule has 1 heterocycles. The summed E-state index contributed by atoms with van der Waals surface area (Å²) in [5.41, 5.74) is 2.57. The lowest BCUT2D eigenvalue weighted by molar-refractivity contribution is 0.219. The topological polar surface area (TPSA) is 61.3 Å². The van der Waals surface area contributed by atoms with Crippen molar-refractivity contribution >= 4 is 47.1 Å². The predicted molar refractivity (Wildman–Crippen MR) is 114 cm³/mol. The molecule has 0 bridgehead atoms. The van der Waals surface area contributed by atoms with Gasteiger partial charge in [-0.1, -0.05) is 40.2 Å². The molecule has 0 N–H and O–H groups in total. The fraction of sp³-hybridized carbons (Fsp3) is 0.263. The molecule has 0 atom stereocenters. The van der Waals surface area contributed by atoms with Crippen LogP contribution in [0.1, 0.15) is 19.4 Å². The highest BCUT2D eigenvalue weighted by molar-refractivity contribution is 9.10. The fourth-order valence-electron chi connectivity index (χ4n) is 2.72. The van der Waals surface area contributed by atoms with E-state index in [1.165, 1.54) is 0 Å². The monoisotopic (exact) mass is 466 g/mol. The van der Waals surface area contributed by atoms with Gasteiger partial charge in [0, 0.05) is 15.4 Å². The van der Waals surface area contributed by atoms with E-state index in [0.717, 1.165) is 26.5 Å². The van der Waals surface area contributed by atoms with Crippen molar-refractivity contribution in [1.82, 2.24) is 9.97 Å². The van der Waals surface area contributed by atoms with Gasteiger partial charge in [-0.2, -0.15) is 0 Å². The first kappa shape index (κ1) is 20.5. The summed E-state index contributed by atoms with van der Waals surface area (Å²) in [5, 5.41) is 1.51. The van der Waals surface area contributed by atoms with Gasteiger partial charge in [0.05, 0.1) is 24.9 Å². The highest BCUT2D eigenvalue weighted by atomic mass is 79.9. The lowest BCUT2D eigenvalue weighted by atomic mass is 10.1. The normalized spacial score (nSPS) is 11.9. The molecule has 0 aliphatic carbocycles. The highest BCUT2D eigenvalue weighted by Gasteiger charge is 2.24. The number of fused-ring (bicyclic) bond motifs is 1. The minimum absolute atomic E-state index is 0.235. The maximum absolute atomic E-state index is 12.7. The van der Waals surface area contributed by atoms with E-state index in [0.29, 0.717) is 24.1 Å². The Morgan fingerprint density at radius 3 is 2.33 bits per heavy atom. The molecule has 0 aliphatic rings. The number of benzene rings is 2. The van der Waals surface area contributed by atoms with Crippen LogP contribution < -0.4 is 0 Å². The first-order valence-electron chi connectivity index (χ1n) is 8.58. The number of thiol groups is 1. The molecule has 0 aliphatic heterocycles. The van der Waals surface area contributed by atoms with E-state index in [1.807, 2.05) is 42.5 Å². The van der Waals surface area contributed by atoms with Crippen LogP contribution in [0.2, 0.25) is 0 Å². The average molecular weight is 467 g/mol. The SMILES string of the molecule is CCOP(=O)(Cc1ccc(-c2nc(S)c3cc(Br)ccc3n2)cc1)OCC. The quantitative estimate of drug-likeness (QED) is 0.258. The zero-order chi connectivity index (χ0) is 19.4. The van der Waals surface area contributed by atoms with Gasteiger partial charge in [-0.05, 0) is 37.6 Å². The Kier molecular flexibility index (Phi) is 6.71. The van der Waals surface area contributed by atoms with Crippen molar-refractivity contribution in [2.45, 2.75) is 25.0 Å². The molecule has 3 rings (SSSR count). The van der Waals surface area contributed by atoms with E-state index in [4.69, 9.17) is 9.05 Å². The second-order valence-electron chi connectivity index (χ2n) is 5.83. The Bertz CT molecular complexity index is 988. The van der Waals surface area contributed by atoms with Crippen molar-refractivity contribution < 1.29 is 13.6 Å². The minimum Gasteiger partial charge on any atom is -0.309 e. The summed E-state index contributed by atoms with van der Waals surface area (Å²) in [5.74, 6) is 0.596. The van der Waals surface area contributed by atoms with Crippen LogP contribution in [0, 0.1) is 0 Å². The third-order valence-electron chi connectivity index (χ3n) is 3.88. The van der Waals surface area contributed by atoms with E-state index < -0.39 is 7.60 Å². The van der Waals surface area contributed by atoms with Gasteiger partial charge in [0.15, 0.2) is 5.82 Å². The summed E-state index contributed by atoms with van der Waals surface area (Å²) in [6.07, 6.45) is 0.235. The zero-order valence-electron chi connectivity index (χ0n) is 15.1. The van der Waals surface area contributed by atoms with Crippen molar-refractivity contribution in [3.05, 3.63) is 52.5 Å². The number of hydrogen-bond acceptors (Lipinski definition) is 6. The van der Waals surface area contributed by atoms with E-state index in [-0.39, 0.29) is 6.16 Å². The lowest BCUT2D eigenvalue weighted by Crippen LogP contribution is -1.99. The van der Waals surface area contributed by atoms with Crippen LogP contribution in [0.25, 0.3) is 22.3 Å². The van der Waals surface area contributed by atoms with Crippen molar-refractivity contribution in [2.75, 3.05) is 13.2 Å². The number of aromatic nitrogens is 2. The molecule has 27 heavy (non-hydrogen) atoms. The molecule has 142 valence electrons. The molecule has 0 unspecified atom stereocenters. The maximum atomic E-state index is 12.7. The summed E-state index contributed by atoms with van der Waals surface area (Å²) in [6.45, 7) is 4.31. The predicted octanol–water partition coefficient (Wildman–Crippen LogP) is 6.11. The third kappa shape index (κ3) is 4.98. The Labute approximate surface area is 172 Å². The van der Waals surface area contributed by atoms with Gasteiger partial charge in [-0.3, -0.25) is 4.57 Å². The second kappa shape index (κ2) is 8.84. The van der Waals surface area contributed by atoms with E-state index in [1.54, 1.807) is 13.8 Å².